The molecule has 1 aromatic rings. The molecule has 2 unspecified atom stereocenters. The van der Waals surface area contributed by atoms with Gasteiger partial charge in [-0.05, 0) is 25.3 Å². The fourth-order valence-electron chi connectivity index (χ4n) is 2.39. The molecule has 1 aliphatic heterocycles. The van der Waals surface area contributed by atoms with Crippen LogP contribution in [0.15, 0.2) is 30.3 Å². The van der Waals surface area contributed by atoms with Crippen LogP contribution in [0, 0.1) is 0 Å². The van der Waals surface area contributed by atoms with Gasteiger partial charge in [-0.3, -0.25) is 0 Å². The van der Waals surface area contributed by atoms with Gasteiger partial charge in [-0.15, -0.1) is 0 Å². The molecule has 0 aliphatic carbocycles. The molecule has 0 bridgehead atoms. The van der Waals surface area contributed by atoms with Crippen LogP contribution in [0.1, 0.15) is 37.7 Å². The van der Waals surface area contributed by atoms with Crippen molar-refractivity contribution in [3.63, 3.8) is 0 Å². The van der Waals surface area contributed by atoms with Crippen molar-refractivity contribution in [1.29, 1.82) is 0 Å². The Morgan fingerprint density at radius 1 is 1.44 bits per heavy atom. The third-order valence-electron chi connectivity index (χ3n) is 3.15. The van der Waals surface area contributed by atoms with Gasteiger partial charge in [0.05, 0.1) is 6.10 Å². The molecule has 0 N–H and O–H groups in total. The second-order valence-electron chi connectivity index (χ2n) is 4.47. The van der Waals surface area contributed by atoms with E-state index in [1.807, 2.05) is 18.2 Å². The van der Waals surface area contributed by atoms with Crippen LogP contribution >= 0.6 is 0 Å². The molecule has 86 valence electrons. The van der Waals surface area contributed by atoms with Crippen molar-refractivity contribution in [2.24, 2.45) is 0 Å². The predicted octanol–water partition coefficient (Wildman–Crippen LogP) is 2.93. The highest BCUT2D eigenvalue weighted by atomic mass is 16.5. The second kappa shape index (κ2) is 5.26. The maximum absolute atomic E-state index is 11.3. The van der Waals surface area contributed by atoms with E-state index in [-0.39, 0.29) is 17.8 Å². The normalized spacial score (nSPS) is 21.9. The molecule has 0 radical (unpaired) electrons. The monoisotopic (exact) mass is 218 g/mol. The van der Waals surface area contributed by atoms with Crippen LogP contribution < -0.4 is 0 Å². The molecule has 0 saturated carbocycles. The molecule has 2 heteroatoms. The van der Waals surface area contributed by atoms with Crippen LogP contribution in [0.2, 0.25) is 0 Å². The summed E-state index contributed by atoms with van der Waals surface area (Å²) < 4.78 is 5.72. The minimum Gasteiger partial charge on any atom is -0.378 e. The molecule has 2 rings (SSSR count). The van der Waals surface area contributed by atoms with Gasteiger partial charge in [0.2, 0.25) is 0 Å². The topological polar surface area (TPSA) is 26.3 Å². The lowest BCUT2D eigenvalue weighted by atomic mass is 9.88. The number of carbonyl (C=O) groups excluding carboxylic acids is 1. The van der Waals surface area contributed by atoms with Gasteiger partial charge in [0.25, 0.3) is 0 Å². The average molecular weight is 218 g/mol. The third-order valence-corrected chi connectivity index (χ3v) is 3.15. The zero-order valence-electron chi connectivity index (χ0n) is 9.69. The molecule has 1 aromatic carbocycles. The van der Waals surface area contributed by atoms with E-state index in [4.69, 9.17) is 4.74 Å². The summed E-state index contributed by atoms with van der Waals surface area (Å²) in [5.74, 6) is 0.477. The van der Waals surface area contributed by atoms with Crippen LogP contribution in [-0.4, -0.2) is 18.5 Å². The first-order valence-electron chi connectivity index (χ1n) is 5.93. The number of Topliss-reactive ketones (excluding diaryl/α,β-unsaturated/α-hetero) is 1. The maximum atomic E-state index is 11.3. The summed E-state index contributed by atoms with van der Waals surface area (Å²) in [4.78, 5) is 11.3. The molecule has 1 saturated heterocycles. The number of ketones is 1. The number of hydrogen-bond donors (Lipinski definition) is 0. The van der Waals surface area contributed by atoms with Gasteiger partial charge in [0.15, 0.2) is 0 Å². The zero-order valence-corrected chi connectivity index (χ0v) is 9.69. The molecular formula is C14H18O2. The van der Waals surface area contributed by atoms with Gasteiger partial charge in [0, 0.05) is 18.9 Å². The van der Waals surface area contributed by atoms with E-state index in [9.17, 15) is 4.79 Å². The summed E-state index contributed by atoms with van der Waals surface area (Å²) >= 11 is 0. The molecular weight excluding hydrogens is 200 g/mol. The molecule has 0 spiro atoms. The van der Waals surface area contributed by atoms with E-state index in [1.165, 1.54) is 5.56 Å². The molecule has 16 heavy (non-hydrogen) atoms. The summed E-state index contributed by atoms with van der Waals surface area (Å²) in [7, 11) is 0. The predicted molar refractivity (Wildman–Crippen MR) is 63.5 cm³/mol. The first kappa shape index (κ1) is 11.3. The summed E-state index contributed by atoms with van der Waals surface area (Å²) in [6.07, 6.45) is 3.01. The van der Waals surface area contributed by atoms with Crippen LogP contribution in [0.5, 0.6) is 0 Å². The van der Waals surface area contributed by atoms with Crippen LogP contribution in [0.3, 0.4) is 0 Å². The highest BCUT2D eigenvalue weighted by Gasteiger charge is 2.27. The smallest absolute Gasteiger partial charge is 0.130 e. The van der Waals surface area contributed by atoms with Crippen molar-refractivity contribution in [3.05, 3.63) is 35.9 Å². The van der Waals surface area contributed by atoms with E-state index >= 15 is 0 Å². The Morgan fingerprint density at radius 2 is 2.19 bits per heavy atom. The SMILES string of the molecule is CC(=O)CC(c1ccccc1)C1CCCO1. The average Bonchev–Trinajstić information content (AvgIpc) is 2.80. The zero-order chi connectivity index (χ0) is 11.4. The Bertz CT molecular complexity index is 339. The van der Waals surface area contributed by atoms with Gasteiger partial charge in [0.1, 0.15) is 5.78 Å². The van der Waals surface area contributed by atoms with Crippen molar-refractivity contribution in [2.75, 3.05) is 6.61 Å². The van der Waals surface area contributed by atoms with Crippen molar-refractivity contribution >= 4 is 5.78 Å². The minimum absolute atomic E-state index is 0.228. The summed E-state index contributed by atoms with van der Waals surface area (Å²) in [6.45, 7) is 2.50. The molecule has 2 atom stereocenters. The summed E-state index contributed by atoms with van der Waals surface area (Å²) in [5.41, 5.74) is 1.23. The van der Waals surface area contributed by atoms with E-state index < -0.39 is 0 Å². The van der Waals surface area contributed by atoms with Gasteiger partial charge >= 0.3 is 0 Å². The number of rotatable bonds is 4. The van der Waals surface area contributed by atoms with E-state index in [2.05, 4.69) is 12.1 Å². The molecule has 0 aromatic heterocycles. The first-order chi connectivity index (χ1) is 7.77. The molecule has 2 nitrogen and oxygen atoms in total. The molecule has 1 heterocycles. The molecule has 1 aliphatic rings. The standard InChI is InChI=1S/C14H18O2/c1-11(15)10-13(14-8-5-9-16-14)12-6-3-2-4-7-12/h2-4,6-7,13-14H,5,8-10H2,1H3. The lowest BCUT2D eigenvalue weighted by molar-refractivity contribution is -0.118. The van der Waals surface area contributed by atoms with Crippen LogP contribution in [-0.2, 0) is 9.53 Å². The highest BCUT2D eigenvalue weighted by molar-refractivity contribution is 5.76. The van der Waals surface area contributed by atoms with Crippen molar-refractivity contribution < 1.29 is 9.53 Å². The summed E-state index contributed by atoms with van der Waals surface area (Å²) in [5, 5.41) is 0. The van der Waals surface area contributed by atoms with Crippen LogP contribution in [0.4, 0.5) is 0 Å². The van der Waals surface area contributed by atoms with Gasteiger partial charge in [-0.25, -0.2) is 0 Å². The second-order valence-corrected chi connectivity index (χ2v) is 4.47. The third kappa shape index (κ3) is 2.70. The van der Waals surface area contributed by atoms with Crippen molar-refractivity contribution in [3.8, 4) is 0 Å². The van der Waals surface area contributed by atoms with Crippen molar-refractivity contribution in [1.82, 2.24) is 0 Å². The Hall–Kier alpha value is -1.15. The van der Waals surface area contributed by atoms with E-state index in [0.717, 1.165) is 19.4 Å². The van der Waals surface area contributed by atoms with Crippen molar-refractivity contribution in [2.45, 2.75) is 38.2 Å². The number of ether oxygens (including phenoxy) is 1. The Morgan fingerprint density at radius 3 is 2.75 bits per heavy atom. The van der Waals surface area contributed by atoms with Gasteiger partial charge in [-0.2, -0.15) is 0 Å². The first-order valence-corrected chi connectivity index (χ1v) is 5.93. The Kier molecular flexibility index (Phi) is 3.73. The largest absolute Gasteiger partial charge is 0.378 e. The molecule has 1 fully saturated rings. The Labute approximate surface area is 96.6 Å². The van der Waals surface area contributed by atoms with Crippen LogP contribution in [0.25, 0.3) is 0 Å². The van der Waals surface area contributed by atoms with Gasteiger partial charge < -0.3 is 9.53 Å². The number of hydrogen-bond acceptors (Lipinski definition) is 2. The lowest BCUT2D eigenvalue weighted by Crippen LogP contribution is -2.20. The fourth-order valence-corrected chi connectivity index (χ4v) is 2.39. The molecule has 0 amide bonds. The Balaban J connectivity index is 2.16. The minimum atomic E-state index is 0.228. The van der Waals surface area contributed by atoms with E-state index in [0.29, 0.717) is 6.42 Å². The highest BCUT2D eigenvalue weighted by Crippen LogP contribution is 2.31. The van der Waals surface area contributed by atoms with Gasteiger partial charge in [-0.1, -0.05) is 30.3 Å². The fraction of sp³-hybridized carbons (Fsp3) is 0.500. The number of benzene rings is 1. The summed E-state index contributed by atoms with van der Waals surface area (Å²) in [6, 6.07) is 10.2. The maximum Gasteiger partial charge on any atom is 0.130 e. The quantitative estimate of drug-likeness (QED) is 0.776. The van der Waals surface area contributed by atoms with E-state index in [1.54, 1.807) is 6.92 Å². The lowest BCUT2D eigenvalue weighted by Gasteiger charge is -2.22. The number of carbonyl (C=O) groups is 1.